The summed E-state index contributed by atoms with van der Waals surface area (Å²) in [6.45, 7) is 9.45. The van der Waals surface area contributed by atoms with Crippen LogP contribution in [-0.2, 0) is 4.74 Å². The third-order valence-electron chi connectivity index (χ3n) is 5.06. The average molecular weight is 353 g/mol. The second-order valence-corrected chi connectivity index (χ2v) is 6.73. The van der Waals surface area contributed by atoms with Crippen LogP contribution in [0.5, 0.6) is 0 Å². The fourth-order valence-corrected chi connectivity index (χ4v) is 3.33. The first kappa shape index (κ1) is 17.9. The van der Waals surface area contributed by atoms with Gasteiger partial charge in [-0.1, -0.05) is 0 Å². The second kappa shape index (κ2) is 6.44. The number of ether oxygens (including phenoxy) is 1. The summed E-state index contributed by atoms with van der Waals surface area (Å²) in [6.07, 6.45) is 1.69. The van der Waals surface area contributed by atoms with Gasteiger partial charge >= 0.3 is 5.97 Å². The SMILES string of the molecule is COC(=O)c1c(C)[nH]c(C(=O)C(C)n2cnc3cc(C)c(C)cc32)c1C. The van der Waals surface area contributed by atoms with E-state index < -0.39 is 12.0 Å². The molecule has 6 nitrogen and oxygen atoms in total. The van der Waals surface area contributed by atoms with Gasteiger partial charge in [-0.3, -0.25) is 4.79 Å². The Kier molecular flexibility index (Phi) is 4.44. The molecule has 26 heavy (non-hydrogen) atoms. The van der Waals surface area contributed by atoms with Gasteiger partial charge in [-0.15, -0.1) is 0 Å². The molecule has 0 aliphatic rings. The molecule has 0 saturated carbocycles. The van der Waals surface area contributed by atoms with Crippen LogP contribution < -0.4 is 0 Å². The number of carbonyl (C=O) groups is 2. The zero-order valence-corrected chi connectivity index (χ0v) is 15.9. The van der Waals surface area contributed by atoms with E-state index in [1.165, 1.54) is 12.7 Å². The van der Waals surface area contributed by atoms with Crippen LogP contribution in [0.4, 0.5) is 0 Å². The number of carbonyl (C=O) groups excluding carboxylic acids is 2. The molecule has 3 aromatic rings. The highest BCUT2D eigenvalue weighted by Crippen LogP contribution is 2.26. The van der Waals surface area contributed by atoms with Crippen LogP contribution in [0.3, 0.4) is 0 Å². The van der Waals surface area contributed by atoms with Gasteiger partial charge in [-0.25, -0.2) is 9.78 Å². The molecule has 1 aromatic carbocycles. The van der Waals surface area contributed by atoms with E-state index >= 15 is 0 Å². The second-order valence-electron chi connectivity index (χ2n) is 6.73. The lowest BCUT2D eigenvalue weighted by atomic mass is 10.0. The van der Waals surface area contributed by atoms with Gasteiger partial charge in [0.25, 0.3) is 0 Å². The summed E-state index contributed by atoms with van der Waals surface area (Å²) in [5, 5.41) is 0. The molecule has 0 amide bonds. The van der Waals surface area contributed by atoms with Crippen LogP contribution in [-0.4, -0.2) is 33.4 Å². The number of nitrogens with one attached hydrogen (secondary N) is 1. The number of esters is 1. The van der Waals surface area contributed by atoms with E-state index in [1.807, 2.05) is 37.5 Å². The van der Waals surface area contributed by atoms with Crippen molar-refractivity contribution in [1.29, 1.82) is 0 Å². The first-order chi connectivity index (χ1) is 12.3. The Morgan fingerprint density at radius 1 is 1.15 bits per heavy atom. The van der Waals surface area contributed by atoms with E-state index in [2.05, 4.69) is 9.97 Å². The van der Waals surface area contributed by atoms with Gasteiger partial charge < -0.3 is 14.3 Å². The van der Waals surface area contributed by atoms with Gasteiger partial charge in [0, 0.05) is 5.69 Å². The maximum absolute atomic E-state index is 13.1. The quantitative estimate of drug-likeness (QED) is 0.571. The number of benzene rings is 1. The molecule has 0 spiro atoms. The molecule has 3 rings (SSSR count). The van der Waals surface area contributed by atoms with Crippen molar-refractivity contribution in [3.63, 3.8) is 0 Å². The average Bonchev–Trinajstić information content (AvgIpc) is 3.14. The molecular weight excluding hydrogens is 330 g/mol. The molecule has 1 atom stereocenters. The Hall–Kier alpha value is -2.89. The van der Waals surface area contributed by atoms with E-state index in [4.69, 9.17) is 4.74 Å². The van der Waals surface area contributed by atoms with E-state index in [1.54, 1.807) is 20.2 Å². The standard InChI is InChI=1S/C20H23N3O3/c1-10-7-15-16(8-11(10)2)23(9-21-15)14(5)19(24)18-12(3)17(13(4)22-18)20(25)26-6/h7-9,14,22H,1-6H3. The molecule has 1 N–H and O–H groups in total. The lowest BCUT2D eigenvalue weighted by molar-refractivity contribution is 0.0599. The fourth-order valence-electron chi connectivity index (χ4n) is 3.33. The number of aromatic amines is 1. The van der Waals surface area contributed by atoms with Crippen molar-refractivity contribution in [3.05, 3.63) is 52.1 Å². The van der Waals surface area contributed by atoms with E-state index in [0.29, 0.717) is 22.5 Å². The Morgan fingerprint density at radius 2 is 1.81 bits per heavy atom. The topological polar surface area (TPSA) is 77.0 Å². The van der Waals surface area contributed by atoms with Crippen LogP contribution in [0.2, 0.25) is 0 Å². The molecule has 2 aromatic heterocycles. The number of hydrogen-bond donors (Lipinski definition) is 1. The highest BCUT2D eigenvalue weighted by atomic mass is 16.5. The molecule has 0 saturated heterocycles. The Balaban J connectivity index is 2.04. The monoisotopic (exact) mass is 353 g/mol. The highest BCUT2D eigenvalue weighted by Gasteiger charge is 2.27. The van der Waals surface area contributed by atoms with Crippen LogP contribution >= 0.6 is 0 Å². The van der Waals surface area contributed by atoms with Gasteiger partial charge in [0.2, 0.25) is 5.78 Å². The van der Waals surface area contributed by atoms with Crippen molar-refractivity contribution < 1.29 is 14.3 Å². The minimum atomic E-state index is -0.454. The van der Waals surface area contributed by atoms with Crippen LogP contribution in [0, 0.1) is 27.7 Å². The third-order valence-corrected chi connectivity index (χ3v) is 5.06. The normalized spacial score (nSPS) is 12.4. The molecule has 0 radical (unpaired) electrons. The van der Waals surface area contributed by atoms with Gasteiger partial charge in [0.05, 0.1) is 41.8 Å². The predicted octanol–water partition coefficient (Wildman–Crippen LogP) is 3.83. The van der Waals surface area contributed by atoms with Crippen molar-refractivity contribution in [3.8, 4) is 0 Å². The van der Waals surface area contributed by atoms with Gasteiger partial charge in [0.1, 0.15) is 0 Å². The molecule has 1 unspecified atom stereocenters. The van der Waals surface area contributed by atoms with Crippen LogP contribution in [0.25, 0.3) is 11.0 Å². The smallest absolute Gasteiger partial charge is 0.339 e. The van der Waals surface area contributed by atoms with Crippen molar-refractivity contribution in [1.82, 2.24) is 14.5 Å². The van der Waals surface area contributed by atoms with E-state index in [0.717, 1.165) is 16.6 Å². The number of aryl methyl sites for hydroxylation is 3. The Bertz CT molecular complexity index is 1030. The maximum Gasteiger partial charge on any atom is 0.339 e. The van der Waals surface area contributed by atoms with Gasteiger partial charge in [-0.2, -0.15) is 0 Å². The fraction of sp³-hybridized carbons (Fsp3) is 0.350. The van der Waals surface area contributed by atoms with E-state index in [9.17, 15) is 9.59 Å². The van der Waals surface area contributed by atoms with Gasteiger partial charge in [0.15, 0.2) is 0 Å². The number of imidazole rings is 1. The minimum absolute atomic E-state index is 0.0988. The summed E-state index contributed by atoms with van der Waals surface area (Å²) in [5.41, 5.74) is 6.20. The molecule has 0 aliphatic carbocycles. The summed E-state index contributed by atoms with van der Waals surface area (Å²) in [7, 11) is 1.33. The highest BCUT2D eigenvalue weighted by molar-refractivity contribution is 6.03. The molecule has 0 fully saturated rings. The van der Waals surface area contributed by atoms with Crippen LogP contribution in [0.1, 0.15) is 56.2 Å². The number of Topliss-reactive ketones (excluding diaryl/α,β-unsaturated/α-hetero) is 1. The number of H-pyrrole nitrogens is 1. The number of methoxy groups -OCH3 is 1. The number of fused-ring (bicyclic) bond motifs is 1. The lowest BCUT2D eigenvalue weighted by Gasteiger charge is -2.14. The Morgan fingerprint density at radius 3 is 2.46 bits per heavy atom. The molecule has 6 heteroatoms. The zero-order chi connectivity index (χ0) is 19.2. The summed E-state index contributed by atoms with van der Waals surface area (Å²) in [5.74, 6) is -0.541. The van der Waals surface area contributed by atoms with Crippen molar-refractivity contribution in [2.75, 3.05) is 7.11 Å². The van der Waals surface area contributed by atoms with Crippen LogP contribution in [0.15, 0.2) is 18.5 Å². The van der Waals surface area contributed by atoms with Crippen molar-refractivity contribution in [2.45, 2.75) is 40.7 Å². The molecule has 0 aliphatic heterocycles. The van der Waals surface area contributed by atoms with Crippen molar-refractivity contribution >= 4 is 22.8 Å². The maximum atomic E-state index is 13.1. The minimum Gasteiger partial charge on any atom is -0.465 e. The molecule has 2 heterocycles. The number of rotatable bonds is 4. The number of aromatic nitrogens is 3. The van der Waals surface area contributed by atoms with E-state index in [-0.39, 0.29) is 5.78 Å². The first-order valence-electron chi connectivity index (χ1n) is 8.51. The first-order valence-corrected chi connectivity index (χ1v) is 8.51. The summed E-state index contributed by atoms with van der Waals surface area (Å²) >= 11 is 0. The summed E-state index contributed by atoms with van der Waals surface area (Å²) in [4.78, 5) is 32.6. The molecule has 0 bridgehead atoms. The summed E-state index contributed by atoms with van der Waals surface area (Å²) in [6, 6.07) is 3.62. The lowest BCUT2D eigenvalue weighted by Crippen LogP contribution is -2.17. The molecule has 136 valence electrons. The Labute approximate surface area is 152 Å². The van der Waals surface area contributed by atoms with Gasteiger partial charge in [-0.05, 0) is 63.4 Å². The summed E-state index contributed by atoms with van der Waals surface area (Å²) < 4.78 is 6.69. The third kappa shape index (κ3) is 2.71. The molecular formula is C20H23N3O3. The zero-order valence-electron chi connectivity index (χ0n) is 15.9. The largest absolute Gasteiger partial charge is 0.465 e. The number of ketones is 1. The number of hydrogen-bond acceptors (Lipinski definition) is 4. The van der Waals surface area contributed by atoms with Crippen molar-refractivity contribution in [2.24, 2.45) is 0 Å². The predicted molar refractivity (Wildman–Crippen MR) is 99.9 cm³/mol. The number of nitrogens with zero attached hydrogens (tertiary/aromatic N) is 2.